The number of nitrogens with zero attached hydrogens (tertiary/aromatic N) is 1. The third-order valence-electron chi connectivity index (χ3n) is 4.50. The van der Waals surface area contributed by atoms with Crippen molar-refractivity contribution < 1.29 is 5.11 Å². The minimum atomic E-state index is -0.228. The molecule has 22 heavy (non-hydrogen) atoms. The average molecular weight is 298 g/mol. The van der Waals surface area contributed by atoms with Crippen molar-refractivity contribution in [3.8, 4) is 17.0 Å². The lowest BCUT2D eigenvalue weighted by molar-refractivity contribution is 0.463. The molecule has 1 aliphatic rings. The Morgan fingerprint density at radius 3 is 2.41 bits per heavy atom. The van der Waals surface area contributed by atoms with Gasteiger partial charge in [-0.3, -0.25) is 4.79 Å². The van der Waals surface area contributed by atoms with E-state index in [4.69, 9.17) is 0 Å². The van der Waals surface area contributed by atoms with Crippen LogP contribution in [0.4, 0.5) is 5.69 Å². The van der Waals surface area contributed by atoms with E-state index in [0.717, 1.165) is 29.9 Å². The average Bonchev–Trinajstić information content (AvgIpc) is 3.07. The van der Waals surface area contributed by atoms with E-state index in [-0.39, 0.29) is 11.3 Å². The second-order valence-corrected chi connectivity index (χ2v) is 5.88. The molecule has 4 nitrogen and oxygen atoms in total. The summed E-state index contributed by atoms with van der Waals surface area (Å²) >= 11 is 0. The maximum Gasteiger partial charge on any atom is 0.255 e. The van der Waals surface area contributed by atoms with E-state index in [2.05, 4.69) is 22.0 Å². The Morgan fingerprint density at radius 2 is 1.82 bits per heavy atom. The predicted octanol–water partition coefficient (Wildman–Crippen LogP) is 3.22. The molecule has 3 rings (SSSR count). The highest BCUT2D eigenvalue weighted by Gasteiger charge is 2.16. The van der Waals surface area contributed by atoms with Crippen molar-refractivity contribution in [2.24, 2.45) is 0 Å². The van der Waals surface area contributed by atoms with Gasteiger partial charge in [-0.2, -0.15) is 0 Å². The van der Waals surface area contributed by atoms with Crippen molar-refractivity contribution >= 4 is 5.69 Å². The van der Waals surface area contributed by atoms with Crippen molar-refractivity contribution in [3.63, 3.8) is 0 Å². The largest absolute Gasteiger partial charge is 0.507 e. The number of rotatable bonds is 3. The zero-order valence-electron chi connectivity index (χ0n) is 13.1. The van der Waals surface area contributed by atoms with Gasteiger partial charge in [-0.15, -0.1) is 0 Å². The second kappa shape index (κ2) is 5.87. The van der Waals surface area contributed by atoms with Gasteiger partial charge in [0.05, 0.1) is 11.3 Å². The Bertz CT molecular complexity index is 726. The number of nitrogens with one attached hydrogen (secondary N) is 1. The van der Waals surface area contributed by atoms with Gasteiger partial charge >= 0.3 is 0 Å². The molecule has 0 bridgehead atoms. The SMILES string of the molecule is CCc1c(-c2ccc(N3CCCC3)cc2)[nH]c(=O)c(C)c1O. The topological polar surface area (TPSA) is 56.3 Å². The van der Waals surface area contributed by atoms with Crippen molar-refractivity contribution in [2.45, 2.75) is 33.1 Å². The Morgan fingerprint density at radius 1 is 1.18 bits per heavy atom. The first-order chi connectivity index (χ1) is 10.6. The third-order valence-corrected chi connectivity index (χ3v) is 4.50. The van der Waals surface area contributed by atoms with E-state index in [1.165, 1.54) is 18.5 Å². The summed E-state index contributed by atoms with van der Waals surface area (Å²) in [5, 5.41) is 10.2. The van der Waals surface area contributed by atoms with Gasteiger partial charge in [-0.25, -0.2) is 0 Å². The van der Waals surface area contributed by atoms with Crippen LogP contribution in [0.25, 0.3) is 11.3 Å². The molecule has 1 saturated heterocycles. The molecule has 116 valence electrons. The van der Waals surface area contributed by atoms with Crippen molar-refractivity contribution in [1.29, 1.82) is 0 Å². The number of anilines is 1. The lowest BCUT2D eigenvalue weighted by atomic mass is 10.0. The molecule has 0 unspecified atom stereocenters. The van der Waals surface area contributed by atoms with E-state index in [1.807, 2.05) is 19.1 Å². The molecule has 1 fully saturated rings. The van der Waals surface area contributed by atoms with E-state index >= 15 is 0 Å². The van der Waals surface area contributed by atoms with Crippen LogP contribution in [-0.2, 0) is 6.42 Å². The third kappa shape index (κ3) is 2.49. The number of hydrogen-bond donors (Lipinski definition) is 2. The van der Waals surface area contributed by atoms with Crippen LogP contribution < -0.4 is 10.5 Å². The fraction of sp³-hybridized carbons (Fsp3) is 0.389. The summed E-state index contributed by atoms with van der Waals surface area (Å²) in [6, 6.07) is 8.23. The van der Waals surface area contributed by atoms with Crippen LogP contribution >= 0.6 is 0 Å². The van der Waals surface area contributed by atoms with Gasteiger partial charge in [-0.1, -0.05) is 19.1 Å². The van der Waals surface area contributed by atoms with Crippen molar-refractivity contribution in [1.82, 2.24) is 4.98 Å². The molecule has 4 heteroatoms. The summed E-state index contributed by atoms with van der Waals surface area (Å²) in [6.45, 7) is 5.85. The summed E-state index contributed by atoms with van der Waals surface area (Å²) in [4.78, 5) is 17.2. The highest BCUT2D eigenvalue weighted by Crippen LogP contribution is 2.31. The normalized spacial score (nSPS) is 14.5. The molecule has 2 aromatic rings. The highest BCUT2D eigenvalue weighted by atomic mass is 16.3. The summed E-state index contributed by atoms with van der Waals surface area (Å²) in [5.74, 6) is 0.116. The lowest BCUT2D eigenvalue weighted by Gasteiger charge is -2.18. The molecule has 1 aromatic heterocycles. The maximum absolute atomic E-state index is 12.0. The van der Waals surface area contributed by atoms with Crippen LogP contribution in [-0.4, -0.2) is 23.2 Å². The number of aromatic amines is 1. The molecule has 1 aromatic carbocycles. The predicted molar refractivity (Wildman–Crippen MR) is 89.7 cm³/mol. The van der Waals surface area contributed by atoms with Gasteiger partial charge in [0.15, 0.2) is 0 Å². The molecule has 0 radical (unpaired) electrons. The molecular formula is C18H22N2O2. The first kappa shape index (κ1) is 14.7. The number of pyridine rings is 1. The lowest BCUT2D eigenvalue weighted by Crippen LogP contribution is -2.17. The molecular weight excluding hydrogens is 276 g/mol. The zero-order valence-corrected chi connectivity index (χ0v) is 13.1. The van der Waals surface area contributed by atoms with Gasteiger partial charge in [0.2, 0.25) is 0 Å². The van der Waals surface area contributed by atoms with Crippen LogP contribution in [0.1, 0.15) is 30.9 Å². The first-order valence-electron chi connectivity index (χ1n) is 7.92. The second-order valence-electron chi connectivity index (χ2n) is 5.88. The Labute approximate surface area is 130 Å². The highest BCUT2D eigenvalue weighted by molar-refractivity contribution is 5.69. The molecule has 2 N–H and O–H groups in total. The van der Waals surface area contributed by atoms with E-state index < -0.39 is 0 Å². The monoisotopic (exact) mass is 298 g/mol. The van der Waals surface area contributed by atoms with Crippen molar-refractivity contribution in [3.05, 3.63) is 45.7 Å². The number of benzene rings is 1. The molecule has 1 aliphatic heterocycles. The fourth-order valence-corrected chi connectivity index (χ4v) is 3.14. The summed E-state index contributed by atoms with van der Waals surface area (Å²) in [6.07, 6.45) is 3.18. The summed E-state index contributed by atoms with van der Waals surface area (Å²) in [5.41, 5.74) is 3.84. The minimum absolute atomic E-state index is 0.116. The Hall–Kier alpha value is -2.23. The van der Waals surface area contributed by atoms with Gasteiger partial charge in [0, 0.05) is 24.3 Å². The molecule has 0 atom stereocenters. The Kier molecular flexibility index (Phi) is 3.92. The summed E-state index contributed by atoms with van der Waals surface area (Å²) in [7, 11) is 0. The number of hydrogen-bond acceptors (Lipinski definition) is 3. The van der Waals surface area contributed by atoms with E-state index in [1.54, 1.807) is 6.92 Å². The van der Waals surface area contributed by atoms with Crippen LogP contribution in [0.3, 0.4) is 0 Å². The van der Waals surface area contributed by atoms with Crippen molar-refractivity contribution in [2.75, 3.05) is 18.0 Å². The molecule has 0 saturated carbocycles. The quantitative estimate of drug-likeness (QED) is 0.914. The number of aromatic hydroxyl groups is 1. The van der Waals surface area contributed by atoms with E-state index in [0.29, 0.717) is 12.0 Å². The van der Waals surface area contributed by atoms with Gasteiger partial charge in [0.25, 0.3) is 5.56 Å². The number of H-pyrrole nitrogens is 1. The van der Waals surface area contributed by atoms with Gasteiger partial charge in [0.1, 0.15) is 5.75 Å². The smallest absolute Gasteiger partial charge is 0.255 e. The first-order valence-corrected chi connectivity index (χ1v) is 7.92. The molecule has 0 aliphatic carbocycles. The van der Waals surface area contributed by atoms with Crippen LogP contribution in [0.5, 0.6) is 5.75 Å². The Balaban J connectivity index is 2.02. The maximum atomic E-state index is 12.0. The standard InChI is InChI=1S/C18H22N2O2/c1-3-15-16(19-18(22)12(2)17(15)21)13-6-8-14(9-7-13)20-10-4-5-11-20/h6-9H,3-5,10-11H2,1-2H3,(H2,19,21,22). The van der Waals surface area contributed by atoms with Gasteiger partial charge < -0.3 is 15.0 Å². The van der Waals surface area contributed by atoms with Crippen LogP contribution in [0, 0.1) is 6.92 Å². The number of aromatic nitrogens is 1. The fourth-order valence-electron chi connectivity index (χ4n) is 3.14. The van der Waals surface area contributed by atoms with Crippen LogP contribution in [0.15, 0.2) is 29.1 Å². The molecule has 0 spiro atoms. The summed E-state index contributed by atoms with van der Waals surface area (Å²) < 4.78 is 0. The van der Waals surface area contributed by atoms with Gasteiger partial charge in [-0.05, 0) is 43.9 Å². The molecule has 2 heterocycles. The van der Waals surface area contributed by atoms with Crippen LogP contribution in [0.2, 0.25) is 0 Å². The zero-order chi connectivity index (χ0) is 15.7. The molecule has 0 amide bonds. The van der Waals surface area contributed by atoms with E-state index in [9.17, 15) is 9.90 Å². The minimum Gasteiger partial charge on any atom is -0.507 e.